The highest BCUT2D eigenvalue weighted by Gasteiger charge is 2.16. The SMILES string of the molecule is Cc1ccc(-n2ccnc2NC2CCCCC2)c(C)n1. The molecule has 0 atom stereocenters. The molecule has 0 aliphatic heterocycles. The smallest absolute Gasteiger partial charge is 0.207 e. The molecule has 0 unspecified atom stereocenters. The first-order valence-corrected chi connectivity index (χ1v) is 7.48. The van der Waals surface area contributed by atoms with Gasteiger partial charge in [-0.15, -0.1) is 0 Å². The fraction of sp³-hybridized carbons (Fsp3) is 0.500. The van der Waals surface area contributed by atoms with Crippen molar-refractivity contribution in [1.29, 1.82) is 0 Å². The summed E-state index contributed by atoms with van der Waals surface area (Å²) >= 11 is 0. The van der Waals surface area contributed by atoms with E-state index in [4.69, 9.17) is 0 Å². The summed E-state index contributed by atoms with van der Waals surface area (Å²) < 4.78 is 2.11. The topological polar surface area (TPSA) is 42.7 Å². The first-order chi connectivity index (χ1) is 9.74. The number of imidazole rings is 1. The lowest BCUT2D eigenvalue weighted by atomic mass is 9.96. The molecular formula is C16H22N4. The molecule has 0 saturated heterocycles. The summed E-state index contributed by atoms with van der Waals surface area (Å²) in [5.74, 6) is 0.936. The molecule has 1 N–H and O–H groups in total. The Balaban J connectivity index is 1.85. The van der Waals surface area contributed by atoms with E-state index < -0.39 is 0 Å². The van der Waals surface area contributed by atoms with Gasteiger partial charge in [0.2, 0.25) is 5.95 Å². The summed E-state index contributed by atoms with van der Waals surface area (Å²) in [7, 11) is 0. The molecule has 2 heterocycles. The normalized spacial score (nSPS) is 16.3. The lowest BCUT2D eigenvalue weighted by Gasteiger charge is -2.23. The van der Waals surface area contributed by atoms with Gasteiger partial charge in [-0.2, -0.15) is 0 Å². The Hall–Kier alpha value is -1.84. The lowest BCUT2D eigenvalue weighted by Crippen LogP contribution is -2.24. The van der Waals surface area contributed by atoms with Crippen molar-refractivity contribution in [3.8, 4) is 5.69 Å². The number of aromatic nitrogens is 3. The van der Waals surface area contributed by atoms with Crippen LogP contribution in [0.5, 0.6) is 0 Å². The van der Waals surface area contributed by atoms with Crippen molar-refractivity contribution in [1.82, 2.24) is 14.5 Å². The second-order valence-corrected chi connectivity index (χ2v) is 5.66. The Morgan fingerprint density at radius 3 is 2.70 bits per heavy atom. The van der Waals surface area contributed by atoms with Crippen LogP contribution in [0, 0.1) is 13.8 Å². The fourth-order valence-electron chi connectivity index (χ4n) is 2.97. The van der Waals surface area contributed by atoms with Crippen molar-refractivity contribution < 1.29 is 0 Å². The predicted octanol–water partition coefficient (Wildman–Crippen LogP) is 3.63. The van der Waals surface area contributed by atoms with Crippen LogP contribution in [0.15, 0.2) is 24.5 Å². The zero-order valence-corrected chi connectivity index (χ0v) is 12.3. The van der Waals surface area contributed by atoms with Crippen LogP contribution in [0.1, 0.15) is 43.5 Å². The van der Waals surface area contributed by atoms with E-state index in [1.807, 2.05) is 32.3 Å². The second kappa shape index (κ2) is 5.65. The molecule has 0 spiro atoms. The number of aryl methyl sites for hydroxylation is 2. The van der Waals surface area contributed by atoms with Gasteiger partial charge >= 0.3 is 0 Å². The van der Waals surface area contributed by atoms with Crippen molar-refractivity contribution in [3.05, 3.63) is 35.9 Å². The number of rotatable bonds is 3. The van der Waals surface area contributed by atoms with E-state index in [1.165, 1.54) is 32.1 Å². The van der Waals surface area contributed by atoms with Crippen LogP contribution in [-0.4, -0.2) is 20.6 Å². The number of nitrogens with one attached hydrogen (secondary N) is 1. The molecule has 3 rings (SSSR count). The van der Waals surface area contributed by atoms with E-state index in [9.17, 15) is 0 Å². The molecule has 4 nitrogen and oxygen atoms in total. The number of hydrogen-bond donors (Lipinski definition) is 1. The number of anilines is 1. The minimum atomic E-state index is 0.559. The lowest BCUT2D eigenvalue weighted by molar-refractivity contribution is 0.460. The largest absolute Gasteiger partial charge is 0.353 e. The van der Waals surface area contributed by atoms with E-state index in [0.717, 1.165) is 23.0 Å². The Morgan fingerprint density at radius 1 is 1.15 bits per heavy atom. The molecule has 0 radical (unpaired) electrons. The summed E-state index contributed by atoms with van der Waals surface area (Å²) in [6, 6.07) is 4.72. The van der Waals surface area contributed by atoms with Gasteiger partial charge in [-0.05, 0) is 38.8 Å². The monoisotopic (exact) mass is 270 g/mol. The molecule has 1 saturated carbocycles. The van der Waals surface area contributed by atoms with Crippen molar-refractivity contribution in [2.75, 3.05) is 5.32 Å². The molecule has 1 aliphatic rings. The maximum atomic E-state index is 4.54. The van der Waals surface area contributed by atoms with Crippen molar-refractivity contribution in [2.24, 2.45) is 0 Å². The van der Waals surface area contributed by atoms with Gasteiger partial charge in [0.1, 0.15) is 0 Å². The Morgan fingerprint density at radius 2 is 1.95 bits per heavy atom. The van der Waals surface area contributed by atoms with Gasteiger partial charge in [0, 0.05) is 24.1 Å². The molecule has 2 aromatic heterocycles. The molecular weight excluding hydrogens is 248 g/mol. The number of nitrogens with zero attached hydrogens (tertiary/aromatic N) is 3. The van der Waals surface area contributed by atoms with Crippen LogP contribution in [0.25, 0.3) is 5.69 Å². The van der Waals surface area contributed by atoms with Crippen LogP contribution >= 0.6 is 0 Å². The summed E-state index contributed by atoms with van der Waals surface area (Å²) in [4.78, 5) is 9.02. The second-order valence-electron chi connectivity index (χ2n) is 5.66. The molecule has 20 heavy (non-hydrogen) atoms. The average molecular weight is 270 g/mol. The van der Waals surface area contributed by atoms with Gasteiger partial charge in [0.25, 0.3) is 0 Å². The first-order valence-electron chi connectivity index (χ1n) is 7.48. The van der Waals surface area contributed by atoms with Crippen LogP contribution in [0.3, 0.4) is 0 Å². The van der Waals surface area contributed by atoms with Crippen LogP contribution in [0.4, 0.5) is 5.95 Å². The summed E-state index contributed by atoms with van der Waals surface area (Å²) in [5, 5.41) is 3.59. The van der Waals surface area contributed by atoms with Crippen molar-refractivity contribution >= 4 is 5.95 Å². The van der Waals surface area contributed by atoms with E-state index in [1.54, 1.807) is 0 Å². The fourth-order valence-corrected chi connectivity index (χ4v) is 2.97. The third-order valence-corrected chi connectivity index (χ3v) is 4.04. The van der Waals surface area contributed by atoms with Crippen LogP contribution < -0.4 is 5.32 Å². The zero-order chi connectivity index (χ0) is 13.9. The summed E-state index contributed by atoms with van der Waals surface area (Å²) in [6.07, 6.45) is 10.4. The van der Waals surface area contributed by atoms with E-state index in [2.05, 4.69) is 25.9 Å². The molecule has 2 aromatic rings. The number of pyridine rings is 1. The predicted molar refractivity (Wildman–Crippen MR) is 81.3 cm³/mol. The highest BCUT2D eigenvalue weighted by atomic mass is 15.2. The maximum Gasteiger partial charge on any atom is 0.207 e. The molecule has 0 bridgehead atoms. The van der Waals surface area contributed by atoms with Gasteiger partial charge in [0.05, 0.1) is 11.4 Å². The molecule has 1 aliphatic carbocycles. The molecule has 0 aromatic carbocycles. The molecule has 1 fully saturated rings. The van der Waals surface area contributed by atoms with E-state index >= 15 is 0 Å². The Labute approximate surface area is 120 Å². The van der Waals surface area contributed by atoms with E-state index in [0.29, 0.717) is 6.04 Å². The van der Waals surface area contributed by atoms with Gasteiger partial charge in [0.15, 0.2) is 0 Å². The zero-order valence-electron chi connectivity index (χ0n) is 12.3. The highest BCUT2D eigenvalue weighted by Crippen LogP contribution is 2.23. The first kappa shape index (κ1) is 13.2. The number of hydrogen-bond acceptors (Lipinski definition) is 3. The molecule has 4 heteroatoms. The highest BCUT2D eigenvalue weighted by molar-refractivity contribution is 5.45. The van der Waals surface area contributed by atoms with Gasteiger partial charge < -0.3 is 5.32 Å². The minimum Gasteiger partial charge on any atom is -0.353 e. The van der Waals surface area contributed by atoms with Crippen molar-refractivity contribution in [2.45, 2.75) is 52.0 Å². The maximum absolute atomic E-state index is 4.54. The van der Waals surface area contributed by atoms with Crippen LogP contribution in [0.2, 0.25) is 0 Å². The van der Waals surface area contributed by atoms with Gasteiger partial charge in [-0.25, -0.2) is 4.98 Å². The van der Waals surface area contributed by atoms with Crippen LogP contribution in [-0.2, 0) is 0 Å². The van der Waals surface area contributed by atoms with Gasteiger partial charge in [-0.3, -0.25) is 9.55 Å². The Kier molecular flexibility index (Phi) is 3.72. The quantitative estimate of drug-likeness (QED) is 0.926. The average Bonchev–Trinajstić information content (AvgIpc) is 2.88. The van der Waals surface area contributed by atoms with E-state index in [-0.39, 0.29) is 0 Å². The van der Waals surface area contributed by atoms with Gasteiger partial charge in [-0.1, -0.05) is 19.3 Å². The summed E-state index contributed by atoms with van der Waals surface area (Å²) in [6.45, 7) is 4.07. The third kappa shape index (κ3) is 2.69. The minimum absolute atomic E-state index is 0.559. The third-order valence-electron chi connectivity index (χ3n) is 4.04. The van der Waals surface area contributed by atoms with Crippen molar-refractivity contribution in [3.63, 3.8) is 0 Å². The standard InChI is InChI=1S/C16H22N4/c1-12-8-9-15(13(2)18-12)20-11-10-17-16(20)19-14-6-4-3-5-7-14/h8-11,14H,3-7H2,1-2H3,(H,17,19). The Bertz CT molecular complexity index is 582. The molecule has 106 valence electrons. The summed E-state index contributed by atoms with van der Waals surface area (Å²) in [5.41, 5.74) is 3.19. The molecule has 0 amide bonds.